The molecule has 0 aliphatic rings. The highest BCUT2D eigenvalue weighted by Crippen LogP contribution is 2.07. The molecule has 0 bridgehead atoms. The minimum atomic E-state index is -0.592. The van der Waals surface area contributed by atoms with E-state index in [-0.39, 0.29) is 12.5 Å². The van der Waals surface area contributed by atoms with E-state index in [1.54, 1.807) is 5.38 Å². The SMILES string of the molecule is Cc1nc(C(=O)NC[C@H](O)Cc2ccccc2)cs1. The second-order valence-corrected chi connectivity index (χ2v) is 5.37. The highest BCUT2D eigenvalue weighted by atomic mass is 32.1. The molecule has 2 N–H and O–H groups in total. The number of rotatable bonds is 5. The average Bonchev–Trinajstić information content (AvgIpc) is 2.84. The molecule has 5 heteroatoms. The van der Waals surface area contributed by atoms with Crippen LogP contribution in [0.2, 0.25) is 0 Å². The molecule has 1 heterocycles. The molecule has 100 valence electrons. The maximum Gasteiger partial charge on any atom is 0.270 e. The van der Waals surface area contributed by atoms with Crippen LogP contribution in [0.25, 0.3) is 0 Å². The van der Waals surface area contributed by atoms with Gasteiger partial charge in [0.15, 0.2) is 0 Å². The second-order valence-electron chi connectivity index (χ2n) is 4.31. The third-order valence-electron chi connectivity index (χ3n) is 2.66. The van der Waals surface area contributed by atoms with E-state index in [1.165, 1.54) is 11.3 Å². The van der Waals surface area contributed by atoms with Crippen LogP contribution in [0.1, 0.15) is 21.1 Å². The zero-order chi connectivity index (χ0) is 13.7. The van der Waals surface area contributed by atoms with Crippen molar-refractivity contribution in [2.45, 2.75) is 19.4 Å². The maximum atomic E-state index is 11.7. The van der Waals surface area contributed by atoms with Gasteiger partial charge in [-0.1, -0.05) is 30.3 Å². The van der Waals surface area contributed by atoms with E-state index in [2.05, 4.69) is 10.3 Å². The van der Waals surface area contributed by atoms with E-state index >= 15 is 0 Å². The van der Waals surface area contributed by atoms with E-state index in [0.717, 1.165) is 10.6 Å². The molecule has 0 saturated carbocycles. The first-order valence-corrected chi connectivity index (χ1v) is 6.95. The molecule has 4 nitrogen and oxygen atoms in total. The lowest BCUT2D eigenvalue weighted by molar-refractivity contribution is 0.0911. The summed E-state index contributed by atoms with van der Waals surface area (Å²) in [5, 5.41) is 15.1. The molecule has 1 aromatic carbocycles. The van der Waals surface area contributed by atoms with Gasteiger partial charge in [0.1, 0.15) is 5.69 Å². The van der Waals surface area contributed by atoms with Gasteiger partial charge in [0, 0.05) is 18.3 Å². The lowest BCUT2D eigenvalue weighted by atomic mass is 10.1. The largest absolute Gasteiger partial charge is 0.391 e. The number of aromatic nitrogens is 1. The van der Waals surface area contributed by atoms with Gasteiger partial charge in [-0.3, -0.25) is 4.79 Å². The summed E-state index contributed by atoms with van der Waals surface area (Å²) in [6.07, 6.45) is -0.0666. The fraction of sp³-hybridized carbons (Fsp3) is 0.286. The number of thiazole rings is 1. The molecule has 19 heavy (non-hydrogen) atoms. The van der Waals surface area contributed by atoms with E-state index in [4.69, 9.17) is 0 Å². The fourth-order valence-electron chi connectivity index (χ4n) is 1.73. The van der Waals surface area contributed by atoms with E-state index in [9.17, 15) is 9.90 Å². The van der Waals surface area contributed by atoms with Crippen molar-refractivity contribution in [3.05, 3.63) is 52.0 Å². The van der Waals surface area contributed by atoms with E-state index < -0.39 is 6.10 Å². The van der Waals surface area contributed by atoms with E-state index in [0.29, 0.717) is 12.1 Å². The van der Waals surface area contributed by atoms with Crippen LogP contribution in [0, 0.1) is 6.92 Å². The lowest BCUT2D eigenvalue weighted by Gasteiger charge is -2.11. The molecule has 0 fully saturated rings. The Morgan fingerprint density at radius 3 is 2.79 bits per heavy atom. The standard InChI is InChI=1S/C14H16N2O2S/c1-10-16-13(9-19-10)14(18)15-8-12(17)7-11-5-3-2-4-6-11/h2-6,9,12,17H,7-8H2,1H3,(H,15,18)/t12-/m1/s1. The molecule has 1 atom stereocenters. The van der Waals surface area contributed by atoms with Gasteiger partial charge in [0.05, 0.1) is 11.1 Å². The normalized spacial score (nSPS) is 12.1. The van der Waals surface area contributed by atoms with Gasteiger partial charge in [-0.15, -0.1) is 11.3 Å². The van der Waals surface area contributed by atoms with Crippen LogP contribution in [0.3, 0.4) is 0 Å². The summed E-state index contributed by atoms with van der Waals surface area (Å²) in [5.74, 6) is -0.239. The average molecular weight is 276 g/mol. The number of hydrogen-bond acceptors (Lipinski definition) is 4. The van der Waals surface area contributed by atoms with E-state index in [1.807, 2.05) is 37.3 Å². The molecule has 1 aromatic heterocycles. The summed E-state index contributed by atoms with van der Waals surface area (Å²) >= 11 is 1.44. The van der Waals surface area contributed by atoms with Gasteiger partial charge in [0.2, 0.25) is 0 Å². The molecule has 0 unspecified atom stereocenters. The third kappa shape index (κ3) is 4.15. The van der Waals surface area contributed by atoms with Crippen molar-refractivity contribution in [1.29, 1.82) is 0 Å². The summed E-state index contributed by atoms with van der Waals surface area (Å²) in [6, 6.07) is 9.70. The smallest absolute Gasteiger partial charge is 0.270 e. The summed E-state index contributed by atoms with van der Waals surface area (Å²) in [6.45, 7) is 2.08. The number of aryl methyl sites for hydroxylation is 1. The minimum absolute atomic E-state index is 0.226. The third-order valence-corrected chi connectivity index (χ3v) is 3.44. The molecule has 0 aliphatic carbocycles. The first kappa shape index (κ1) is 13.7. The number of benzene rings is 1. The summed E-state index contributed by atoms with van der Waals surface area (Å²) < 4.78 is 0. The Balaban J connectivity index is 1.80. The fourth-order valence-corrected chi connectivity index (χ4v) is 2.32. The topological polar surface area (TPSA) is 62.2 Å². The van der Waals surface area contributed by atoms with Crippen LogP contribution in [0.15, 0.2) is 35.7 Å². The van der Waals surface area contributed by atoms with Gasteiger partial charge in [-0.05, 0) is 12.5 Å². The first-order valence-electron chi connectivity index (χ1n) is 6.07. The molecule has 0 saturated heterocycles. The van der Waals surface area contributed by atoms with Crippen molar-refractivity contribution in [3.63, 3.8) is 0 Å². The molecular formula is C14H16N2O2S. The molecule has 1 amide bonds. The number of hydrogen-bond donors (Lipinski definition) is 2. The quantitative estimate of drug-likeness (QED) is 0.875. The van der Waals surface area contributed by atoms with Crippen LogP contribution >= 0.6 is 11.3 Å². The highest BCUT2D eigenvalue weighted by molar-refractivity contribution is 7.09. The Bertz CT molecular complexity index is 539. The Kier molecular flexibility index (Phi) is 4.65. The number of aliphatic hydroxyl groups is 1. The number of carbonyl (C=O) groups is 1. The Morgan fingerprint density at radius 2 is 2.16 bits per heavy atom. The van der Waals surface area contributed by atoms with Crippen LogP contribution < -0.4 is 5.32 Å². The number of aliphatic hydroxyl groups excluding tert-OH is 1. The Labute approximate surface area is 116 Å². The van der Waals surface area contributed by atoms with Gasteiger partial charge in [-0.25, -0.2) is 4.98 Å². The van der Waals surface area contributed by atoms with Crippen LogP contribution in [-0.4, -0.2) is 28.6 Å². The van der Waals surface area contributed by atoms with Crippen molar-refractivity contribution in [2.75, 3.05) is 6.54 Å². The van der Waals surface area contributed by atoms with Crippen molar-refractivity contribution in [3.8, 4) is 0 Å². The van der Waals surface area contributed by atoms with Crippen molar-refractivity contribution < 1.29 is 9.90 Å². The predicted octanol–water partition coefficient (Wildman–Crippen LogP) is 1.78. The molecule has 2 aromatic rings. The van der Waals surface area contributed by atoms with Crippen LogP contribution in [0.4, 0.5) is 0 Å². The lowest BCUT2D eigenvalue weighted by Crippen LogP contribution is -2.33. The summed E-state index contributed by atoms with van der Waals surface area (Å²) in [7, 11) is 0. The van der Waals surface area contributed by atoms with Gasteiger partial charge in [0.25, 0.3) is 5.91 Å². The molecule has 0 aliphatic heterocycles. The first-order chi connectivity index (χ1) is 9.15. The zero-order valence-corrected chi connectivity index (χ0v) is 11.5. The minimum Gasteiger partial charge on any atom is -0.391 e. The summed E-state index contributed by atoms with van der Waals surface area (Å²) in [4.78, 5) is 15.8. The van der Waals surface area contributed by atoms with Crippen molar-refractivity contribution in [2.24, 2.45) is 0 Å². The second kappa shape index (κ2) is 6.45. The highest BCUT2D eigenvalue weighted by Gasteiger charge is 2.11. The molecule has 0 radical (unpaired) electrons. The molecule has 2 rings (SSSR count). The Hall–Kier alpha value is -1.72. The van der Waals surface area contributed by atoms with Gasteiger partial charge in [-0.2, -0.15) is 0 Å². The maximum absolute atomic E-state index is 11.7. The zero-order valence-electron chi connectivity index (χ0n) is 10.7. The van der Waals surface area contributed by atoms with Gasteiger partial charge < -0.3 is 10.4 Å². The number of nitrogens with one attached hydrogen (secondary N) is 1. The van der Waals surface area contributed by atoms with Crippen LogP contribution in [-0.2, 0) is 6.42 Å². The molecular weight excluding hydrogens is 260 g/mol. The predicted molar refractivity (Wildman–Crippen MR) is 75.3 cm³/mol. The number of nitrogens with zero attached hydrogens (tertiary/aromatic N) is 1. The van der Waals surface area contributed by atoms with Gasteiger partial charge >= 0.3 is 0 Å². The van der Waals surface area contributed by atoms with Crippen molar-refractivity contribution in [1.82, 2.24) is 10.3 Å². The Morgan fingerprint density at radius 1 is 1.42 bits per heavy atom. The number of amides is 1. The van der Waals surface area contributed by atoms with Crippen LogP contribution in [0.5, 0.6) is 0 Å². The van der Waals surface area contributed by atoms with Crippen molar-refractivity contribution >= 4 is 17.2 Å². The summed E-state index contributed by atoms with van der Waals surface area (Å²) in [5.41, 5.74) is 1.46. The monoisotopic (exact) mass is 276 g/mol. The molecule has 0 spiro atoms. The number of carbonyl (C=O) groups excluding carboxylic acids is 1.